The Hall–Kier alpha value is -3.18. The van der Waals surface area contributed by atoms with Crippen LogP contribution in [0.5, 0.6) is 0 Å². The summed E-state index contributed by atoms with van der Waals surface area (Å²) in [6, 6.07) is 21.0. The predicted molar refractivity (Wildman–Crippen MR) is 117 cm³/mol. The number of amides is 2. The van der Waals surface area contributed by atoms with Crippen molar-refractivity contribution in [1.29, 1.82) is 0 Å². The first-order valence-corrected chi connectivity index (χ1v) is 10.0. The Morgan fingerprint density at radius 1 is 1.00 bits per heavy atom. The molecule has 1 N–H and O–H groups in total. The summed E-state index contributed by atoms with van der Waals surface area (Å²) in [5, 5.41) is 12.6. The van der Waals surface area contributed by atoms with Crippen molar-refractivity contribution in [1.82, 2.24) is 0 Å². The lowest BCUT2D eigenvalue weighted by atomic mass is 9.76. The highest BCUT2D eigenvalue weighted by Gasteiger charge is 2.53. The van der Waals surface area contributed by atoms with Gasteiger partial charge in [-0.3, -0.25) is 4.79 Å². The van der Waals surface area contributed by atoms with Gasteiger partial charge < -0.3 is 9.84 Å². The number of aliphatic hydroxyl groups is 1. The molecule has 4 rings (SSSR count). The predicted octanol–water partition coefficient (Wildman–Crippen LogP) is 4.59. The molecule has 1 atom stereocenters. The van der Waals surface area contributed by atoms with Crippen LogP contribution in [0.2, 0.25) is 0 Å². The average molecular weight is 403 g/mol. The molecule has 0 unspecified atom stereocenters. The number of nitrogens with zero attached hydrogens (tertiary/aromatic N) is 1. The van der Waals surface area contributed by atoms with Crippen molar-refractivity contribution in [2.24, 2.45) is 0 Å². The number of fused-ring (bicyclic) bond motifs is 2. The monoisotopic (exact) mass is 403 g/mol. The van der Waals surface area contributed by atoms with Crippen LogP contribution >= 0.6 is 0 Å². The van der Waals surface area contributed by atoms with Crippen LogP contribution in [0.1, 0.15) is 31.9 Å². The van der Waals surface area contributed by atoms with Gasteiger partial charge in [0, 0.05) is 0 Å². The van der Waals surface area contributed by atoms with Gasteiger partial charge >= 0.3 is 6.09 Å². The molecule has 0 bridgehead atoms. The van der Waals surface area contributed by atoms with Crippen molar-refractivity contribution in [3.05, 3.63) is 77.9 Å². The fourth-order valence-electron chi connectivity index (χ4n) is 4.15. The number of anilines is 1. The number of carbonyl (C=O) groups is 2. The zero-order valence-electron chi connectivity index (χ0n) is 17.4. The molecule has 1 aliphatic rings. The fraction of sp³-hybridized carbons (Fsp3) is 0.280. The normalized spacial score (nSPS) is 18.5. The van der Waals surface area contributed by atoms with Gasteiger partial charge in [-0.2, -0.15) is 0 Å². The van der Waals surface area contributed by atoms with Crippen molar-refractivity contribution in [3.63, 3.8) is 0 Å². The zero-order chi connectivity index (χ0) is 21.5. The molecule has 0 fully saturated rings. The number of imide groups is 1. The molecule has 0 radical (unpaired) electrons. The molecule has 0 aliphatic carbocycles. The number of benzene rings is 3. The zero-order valence-corrected chi connectivity index (χ0v) is 17.4. The van der Waals surface area contributed by atoms with Crippen LogP contribution < -0.4 is 4.90 Å². The lowest BCUT2D eigenvalue weighted by molar-refractivity contribution is -0.124. The molecular weight excluding hydrogens is 378 g/mol. The van der Waals surface area contributed by atoms with E-state index in [1.165, 1.54) is 0 Å². The minimum Gasteiger partial charge on any atom is -0.443 e. The first kappa shape index (κ1) is 20.1. The van der Waals surface area contributed by atoms with Crippen molar-refractivity contribution < 1.29 is 19.4 Å². The van der Waals surface area contributed by atoms with Gasteiger partial charge in [-0.1, -0.05) is 60.7 Å². The number of rotatable bonds is 3. The smallest absolute Gasteiger partial charge is 0.421 e. The standard InChI is InChI=1S/C25H25NO4/c1-24(2,3)30-23(29)26-21-14-7-6-13-20(21)25(16-27,22(26)28)15-18-11-8-10-17-9-4-5-12-19(17)18/h4-14,27H,15-16H2,1-3H3/t25-/m1/s1. The Bertz CT molecular complexity index is 1130. The van der Waals surface area contributed by atoms with Crippen LogP contribution in [0.3, 0.4) is 0 Å². The van der Waals surface area contributed by atoms with Crippen LogP contribution in [0.25, 0.3) is 10.8 Å². The van der Waals surface area contributed by atoms with E-state index in [9.17, 15) is 14.7 Å². The second-order valence-electron chi connectivity index (χ2n) is 8.69. The molecule has 3 aromatic carbocycles. The van der Waals surface area contributed by atoms with E-state index in [0.717, 1.165) is 21.2 Å². The highest BCUT2D eigenvalue weighted by molar-refractivity contribution is 6.21. The molecule has 0 saturated carbocycles. The van der Waals surface area contributed by atoms with Gasteiger partial charge in [0.15, 0.2) is 0 Å². The lowest BCUT2D eigenvalue weighted by Gasteiger charge is -2.28. The molecule has 0 spiro atoms. The summed E-state index contributed by atoms with van der Waals surface area (Å²) in [5.41, 5.74) is 0.0444. The second kappa shape index (κ2) is 7.26. The molecule has 0 saturated heterocycles. The van der Waals surface area contributed by atoms with E-state index in [1.807, 2.05) is 48.5 Å². The van der Waals surface area contributed by atoms with Crippen molar-refractivity contribution in [2.45, 2.75) is 38.2 Å². The molecule has 154 valence electrons. The van der Waals surface area contributed by atoms with E-state index in [0.29, 0.717) is 11.3 Å². The SMILES string of the molecule is CC(C)(C)OC(=O)N1C(=O)[C@@](CO)(Cc2cccc3ccccc23)c2ccccc21. The van der Waals surface area contributed by atoms with E-state index in [-0.39, 0.29) is 6.42 Å². The van der Waals surface area contributed by atoms with Crippen molar-refractivity contribution in [3.8, 4) is 0 Å². The minimum atomic E-state index is -1.25. The van der Waals surface area contributed by atoms with Crippen LogP contribution in [0.4, 0.5) is 10.5 Å². The first-order chi connectivity index (χ1) is 14.3. The average Bonchev–Trinajstić information content (AvgIpc) is 2.95. The Kier molecular flexibility index (Phi) is 4.86. The van der Waals surface area contributed by atoms with E-state index in [4.69, 9.17) is 4.74 Å². The topological polar surface area (TPSA) is 66.8 Å². The van der Waals surface area contributed by atoms with Gasteiger partial charge in [0.1, 0.15) is 11.0 Å². The largest absolute Gasteiger partial charge is 0.443 e. The molecule has 2 amide bonds. The van der Waals surface area contributed by atoms with Crippen LogP contribution in [0, 0.1) is 0 Å². The van der Waals surface area contributed by atoms with E-state index >= 15 is 0 Å². The number of carbonyl (C=O) groups excluding carboxylic acids is 2. The van der Waals surface area contributed by atoms with Gasteiger partial charge in [0.2, 0.25) is 5.91 Å². The Morgan fingerprint density at radius 2 is 1.67 bits per heavy atom. The van der Waals surface area contributed by atoms with Crippen LogP contribution in [-0.4, -0.2) is 29.3 Å². The summed E-state index contributed by atoms with van der Waals surface area (Å²) in [5.74, 6) is -0.464. The maximum atomic E-state index is 13.6. The van der Waals surface area contributed by atoms with Crippen molar-refractivity contribution in [2.75, 3.05) is 11.5 Å². The van der Waals surface area contributed by atoms with Gasteiger partial charge in [-0.05, 0) is 55.2 Å². The Balaban J connectivity index is 1.83. The van der Waals surface area contributed by atoms with Gasteiger partial charge in [-0.15, -0.1) is 0 Å². The summed E-state index contributed by atoms with van der Waals surface area (Å²) in [7, 11) is 0. The molecule has 1 aliphatic heterocycles. The van der Waals surface area contributed by atoms with E-state index < -0.39 is 29.6 Å². The first-order valence-electron chi connectivity index (χ1n) is 10.0. The second-order valence-corrected chi connectivity index (χ2v) is 8.69. The third-order valence-corrected chi connectivity index (χ3v) is 5.49. The molecular formula is C25H25NO4. The maximum absolute atomic E-state index is 13.6. The number of hydrogen-bond acceptors (Lipinski definition) is 4. The van der Waals surface area contributed by atoms with Gasteiger partial charge in [-0.25, -0.2) is 9.69 Å². The maximum Gasteiger partial charge on any atom is 0.421 e. The number of hydrogen-bond donors (Lipinski definition) is 1. The summed E-state index contributed by atoms with van der Waals surface area (Å²) in [6.07, 6.45) is -0.451. The van der Waals surface area contributed by atoms with Crippen LogP contribution in [0.15, 0.2) is 66.7 Å². The van der Waals surface area contributed by atoms with E-state index in [2.05, 4.69) is 0 Å². The lowest BCUT2D eigenvalue weighted by Crippen LogP contribution is -2.48. The third kappa shape index (κ3) is 3.25. The van der Waals surface area contributed by atoms with Gasteiger partial charge in [0.05, 0.1) is 12.3 Å². The Labute approximate surface area is 175 Å². The molecule has 5 heteroatoms. The molecule has 3 aromatic rings. The van der Waals surface area contributed by atoms with Crippen LogP contribution in [-0.2, 0) is 21.4 Å². The van der Waals surface area contributed by atoms with E-state index in [1.54, 1.807) is 39.0 Å². The third-order valence-electron chi connectivity index (χ3n) is 5.49. The molecule has 0 aromatic heterocycles. The molecule has 5 nitrogen and oxygen atoms in total. The Morgan fingerprint density at radius 3 is 2.40 bits per heavy atom. The summed E-state index contributed by atoms with van der Waals surface area (Å²) >= 11 is 0. The fourth-order valence-corrected chi connectivity index (χ4v) is 4.15. The summed E-state index contributed by atoms with van der Waals surface area (Å²) in [6.45, 7) is 4.86. The highest BCUT2D eigenvalue weighted by Crippen LogP contribution is 2.45. The van der Waals surface area contributed by atoms with Gasteiger partial charge in [0.25, 0.3) is 0 Å². The number of ether oxygens (including phenoxy) is 1. The summed E-state index contributed by atoms with van der Waals surface area (Å²) < 4.78 is 5.49. The number of aliphatic hydroxyl groups excluding tert-OH is 1. The summed E-state index contributed by atoms with van der Waals surface area (Å²) in [4.78, 5) is 27.6. The quantitative estimate of drug-likeness (QED) is 0.694. The molecule has 30 heavy (non-hydrogen) atoms. The highest BCUT2D eigenvalue weighted by atomic mass is 16.6. The number of para-hydroxylation sites is 1. The van der Waals surface area contributed by atoms with Crippen molar-refractivity contribution >= 4 is 28.5 Å². The minimum absolute atomic E-state index is 0.278. The molecule has 1 heterocycles.